The standard InChI is InChI=1S/C36H31N3O9S/c1-46-28-17-14-23(31(47-2)32(28)48-3)18-27(38-33(41)21-8-5-4-6-9-21)34(42)37-24-10-7-11-26(19-24)49-29-20-30(40)39(35(29)43)25-15-12-22(13-16-25)36(44)45/h4-19,29H,20H2,1-3H3,(H,37,42)(H,38,41)(H,44,45)/b27-18-. The number of anilines is 2. The zero-order valence-corrected chi connectivity index (χ0v) is 27.4. The van der Waals surface area contributed by atoms with Crippen LogP contribution in [0, 0.1) is 0 Å². The van der Waals surface area contributed by atoms with E-state index in [0.717, 1.165) is 16.7 Å². The highest BCUT2D eigenvalue weighted by molar-refractivity contribution is 8.00. The number of thioether (sulfide) groups is 1. The van der Waals surface area contributed by atoms with Crippen LogP contribution in [0.2, 0.25) is 0 Å². The molecule has 3 N–H and O–H groups in total. The van der Waals surface area contributed by atoms with Gasteiger partial charge in [0.15, 0.2) is 11.5 Å². The van der Waals surface area contributed by atoms with Crippen LogP contribution in [-0.2, 0) is 14.4 Å². The Balaban J connectivity index is 1.38. The number of hydrogen-bond acceptors (Lipinski definition) is 9. The molecule has 49 heavy (non-hydrogen) atoms. The molecule has 1 heterocycles. The van der Waals surface area contributed by atoms with Gasteiger partial charge in [-0.05, 0) is 72.8 Å². The Bertz CT molecular complexity index is 1950. The molecular weight excluding hydrogens is 650 g/mol. The van der Waals surface area contributed by atoms with Crippen molar-refractivity contribution in [3.63, 3.8) is 0 Å². The summed E-state index contributed by atoms with van der Waals surface area (Å²) >= 11 is 1.16. The Morgan fingerprint density at radius 1 is 0.837 bits per heavy atom. The zero-order valence-electron chi connectivity index (χ0n) is 26.6. The number of benzene rings is 4. The molecule has 0 radical (unpaired) electrons. The predicted molar refractivity (Wildman–Crippen MR) is 183 cm³/mol. The van der Waals surface area contributed by atoms with Gasteiger partial charge in [0, 0.05) is 28.1 Å². The van der Waals surface area contributed by atoms with Gasteiger partial charge < -0.3 is 30.0 Å². The minimum atomic E-state index is -1.12. The maximum absolute atomic E-state index is 13.7. The van der Waals surface area contributed by atoms with Gasteiger partial charge in [0.2, 0.25) is 17.6 Å². The lowest BCUT2D eigenvalue weighted by atomic mass is 10.1. The summed E-state index contributed by atoms with van der Waals surface area (Å²) in [5, 5.41) is 13.9. The van der Waals surface area contributed by atoms with Crippen molar-refractivity contribution in [2.45, 2.75) is 16.6 Å². The van der Waals surface area contributed by atoms with E-state index in [4.69, 9.17) is 19.3 Å². The number of hydrogen-bond donors (Lipinski definition) is 3. The Labute approximate surface area is 285 Å². The quantitative estimate of drug-likeness (QED) is 0.133. The summed E-state index contributed by atoms with van der Waals surface area (Å²) in [5.41, 5.74) is 1.35. The van der Waals surface area contributed by atoms with E-state index >= 15 is 0 Å². The third-order valence-electron chi connectivity index (χ3n) is 7.41. The number of carbonyl (C=O) groups is 5. The van der Waals surface area contributed by atoms with Crippen molar-refractivity contribution in [1.82, 2.24) is 5.32 Å². The summed E-state index contributed by atoms with van der Waals surface area (Å²) in [4.78, 5) is 65.8. The number of carboxylic acids is 1. The van der Waals surface area contributed by atoms with Crippen molar-refractivity contribution < 1.29 is 43.3 Å². The molecule has 4 amide bonds. The molecule has 1 atom stereocenters. The van der Waals surface area contributed by atoms with Crippen LogP contribution in [0.5, 0.6) is 17.2 Å². The van der Waals surface area contributed by atoms with Gasteiger partial charge in [-0.15, -0.1) is 11.8 Å². The van der Waals surface area contributed by atoms with Crippen molar-refractivity contribution in [3.05, 3.63) is 113 Å². The van der Waals surface area contributed by atoms with E-state index in [2.05, 4.69) is 10.6 Å². The summed E-state index contributed by atoms with van der Waals surface area (Å²) in [5.74, 6) is -2.14. The molecule has 1 unspecified atom stereocenters. The number of carboxylic acid groups (broad SMARTS) is 1. The number of imide groups is 1. The molecular formula is C36H31N3O9S. The first-order valence-corrected chi connectivity index (χ1v) is 15.7. The maximum atomic E-state index is 13.7. The molecule has 0 saturated carbocycles. The lowest BCUT2D eigenvalue weighted by Gasteiger charge is -2.16. The average Bonchev–Trinajstić information content (AvgIpc) is 3.39. The van der Waals surface area contributed by atoms with Crippen molar-refractivity contribution in [2.24, 2.45) is 0 Å². The fourth-order valence-corrected chi connectivity index (χ4v) is 6.18. The van der Waals surface area contributed by atoms with Crippen LogP contribution in [-0.4, -0.2) is 61.3 Å². The Morgan fingerprint density at radius 2 is 1.55 bits per heavy atom. The van der Waals surface area contributed by atoms with E-state index in [1.165, 1.54) is 51.7 Å². The minimum absolute atomic E-state index is 0.0353. The van der Waals surface area contributed by atoms with Crippen molar-refractivity contribution in [3.8, 4) is 17.2 Å². The van der Waals surface area contributed by atoms with Crippen LogP contribution < -0.4 is 29.7 Å². The van der Waals surface area contributed by atoms with Crippen LogP contribution in [0.3, 0.4) is 0 Å². The van der Waals surface area contributed by atoms with Gasteiger partial charge in [0.05, 0.1) is 37.8 Å². The summed E-state index contributed by atoms with van der Waals surface area (Å²) in [6.45, 7) is 0. The summed E-state index contributed by atoms with van der Waals surface area (Å²) in [6, 6.07) is 23.9. The Kier molecular flexibility index (Phi) is 10.6. The minimum Gasteiger partial charge on any atom is -0.493 e. The van der Waals surface area contributed by atoms with Crippen LogP contribution in [0.4, 0.5) is 11.4 Å². The molecule has 1 saturated heterocycles. The Morgan fingerprint density at radius 3 is 2.20 bits per heavy atom. The number of amides is 4. The van der Waals surface area contributed by atoms with Gasteiger partial charge in [-0.25, -0.2) is 9.69 Å². The highest BCUT2D eigenvalue weighted by Gasteiger charge is 2.40. The lowest BCUT2D eigenvalue weighted by Crippen LogP contribution is -2.31. The molecule has 13 heteroatoms. The van der Waals surface area contributed by atoms with E-state index in [0.29, 0.717) is 33.2 Å². The molecule has 0 aliphatic carbocycles. The van der Waals surface area contributed by atoms with E-state index in [1.54, 1.807) is 66.7 Å². The molecule has 12 nitrogen and oxygen atoms in total. The largest absolute Gasteiger partial charge is 0.493 e. The first kappa shape index (κ1) is 34.3. The van der Waals surface area contributed by atoms with Gasteiger partial charge in [0.25, 0.3) is 11.8 Å². The van der Waals surface area contributed by atoms with Gasteiger partial charge >= 0.3 is 5.97 Å². The van der Waals surface area contributed by atoms with E-state index < -0.39 is 34.8 Å². The van der Waals surface area contributed by atoms with Crippen molar-refractivity contribution in [1.29, 1.82) is 0 Å². The van der Waals surface area contributed by atoms with Crippen molar-refractivity contribution in [2.75, 3.05) is 31.5 Å². The normalized spacial score (nSPS) is 14.3. The molecule has 0 spiro atoms. The molecule has 1 fully saturated rings. The van der Waals surface area contributed by atoms with Gasteiger partial charge in [0.1, 0.15) is 5.70 Å². The Hall–Kier alpha value is -6.08. The number of aromatic carboxylic acids is 1. The second-order valence-corrected chi connectivity index (χ2v) is 11.8. The first-order valence-electron chi connectivity index (χ1n) is 14.8. The molecule has 1 aliphatic rings. The predicted octanol–water partition coefficient (Wildman–Crippen LogP) is 5.24. The number of methoxy groups -OCH3 is 3. The molecule has 5 rings (SSSR count). The van der Waals surface area contributed by atoms with Gasteiger partial charge in [-0.2, -0.15) is 0 Å². The van der Waals surface area contributed by atoms with Gasteiger partial charge in [-0.3, -0.25) is 19.2 Å². The summed E-state index contributed by atoms with van der Waals surface area (Å²) in [6.07, 6.45) is 1.39. The molecule has 250 valence electrons. The zero-order chi connectivity index (χ0) is 35.1. The van der Waals surface area contributed by atoms with Crippen LogP contribution in [0.1, 0.15) is 32.7 Å². The molecule has 0 bridgehead atoms. The number of nitrogens with zero attached hydrogens (tertiary/aromatic N) is 1. The second-order valence-electron chi connectivity index (χ2n) is 10.5. The fraction of sp³-hybridized carbons (Fsp3) is 0.139. The number of rotatable bonds is 12. The van der Waals surface area contributed by atoms with E-state index in [1.807, 2.05) is 0 Å². The molecule has 1 aliphatic heterocycles. The number of ether oxygens (including phenoxy) is 3. The average molecular weight is 682 g/mol. The first-order chi connectivity index (χ1) is 23.6. The molecule has 4 aromatic rings. The third kappa shape index (κ3) is 7.74. The lowest BCUT2D eigenvalue weighted by molar-refractivity contribution is -0.121. The van der Waals surface area contributed by atoms with Crippen LogP contribution in [0.25, 0.3) is 6.08 Å². The van der Waals surface area contributed by atoms with Gasteiger partial charge in [-0.1, -0.05) is 24.3 Å². The highest BCUT2D eigenvalue weighted by atomic mass is 32.2. The smallest absolute Gasteiger partial charge is 0.335 e. The summed E-state index contributed by atoms with van der Waals surface area (Å²) < 4.78 is 16.4. The maximum Gasteiger partial charge on any atom is 0.335 e. The summed E-state index contributed by atoms with van der Waals surface area (Å²) in [7, 11) is 4.38. The molecule has 4 aromatic carbocycles. The third-order valence-corrected chi connectivity index (χ3v) is 8.59. The van der Waals surface area contributed by atoms with Crippen molar-refractivity contribution >= 4 is 58.8 Å². The fourth-order valence-electron chi connectivity index (χ4n) is 5.07. The number of carbonyl (C=O) groups excluding carboxylic acids is 4. The monoisotopic (exact) mass is 681 g/mol. The molecule has 0 aromatic heterocycles. The highest BCUT2D eigenvalue weighted by Crippen LogP contribution is 2.41. The van der Waals surface area contributed by atoms with E-state index in [-0.39, 0.29) is 29.1 Å². The van der Waals surface area contributed by atoms with Crippen LogP contribution >= 0.6 is 11.8 Å². The van der Waals surface area contributed by atoms with Crippen LogP contribution in [0.15, 0.2) is 102 Å². The number of nitrogens with one attached hydrogen (secondary N) is 2. The SMILES string of the molecule is COc1ccc(/C=C(\NC(=O)c2ccccc2)C(=O)Nc2cccc(SC3CC(=O)N(c4ccc(C(=O)O)cc4)C3=O)c2)c(OC)c1OC. The van der Waals surface area contributed by atoms with E-state index in [9.17, 15) is 24.0 Å². The second kappa shape index (κ2) is 15.2. The topological polar surface area (TPSA) is 161 Å².